The molecule has 2 fully saturated rings. The highest BCUT2D eigenvalue weighted by atomic mass is 16.3. The molecule has 2 rings (SSSR count). The summed E-state index contributed by atoms with van der Waals surface area (Å²) in [5, 5.41) is 18.7. The van der Waals surface area contributed by atoms with Gasteiger partial charge in [0.25, 0.3) is 0 Å². The Kier molecular flexibility index (Phi) is 2.87. The molecule has 0 radical (unpaired) electrons. The van der Waals surface area contributed by atoms with Crippen molar-refractivity contribution in [1.29, 1.82) is 0 Å². The molecular weight excluding hydrogens is 204 g/mol. The number of Topliss-reactive ketones (excluding diaryl/α,β-unsaturated/α-hetero) is 1. The molecule has 2 unspecified atom stereocenters. The van der Waals surface area contributed by atoms with Crippen molar-refractivity contribution in [2.45, 2.75) is 39.5 Å². The minimum absolute atomic E-state index is 0.0588. The third-order valence-electron chi connectivity index (χ3n) is 5.10. The second-order valence-corrected chi connectivity index (χ2v) is 5.89. The molecule has 0 aromatic heterocycles. The molecular formula is C13H22O3. The lowest BCUT2D eigenvalue weighted by Crippen LogP contribution is -2.34. The van der Waals surface area contributed by atoms with Crippen molar-refractivity contribution >= 4 is 5.78 Å². The molecule has 0 saturated heterocycles. The van der Waals surface area contributed by atoms with Crippen molar-refractivity contribution in [3.05, 3.63) is 0 Å². The van der Waals surface area contributed by atoms with Crippen molar-refractivity contribution in [2.24, 2.45) is 22.7 Å². The fourth-order valence-corrected chi connectivity index (χ4v) is 2.76. The first kappa shape index (κ1) is 12.1. The molecule has 2 atom stereocenters. The number of hydrogen-bond donors (Lipinski definition) is 2. The minimum Gasteiger partial charge on any atom is -0.396 e. The lowest BCUT2D eigenvalue weighted by atomic mass is 9.77. The Hall–Kier alpha value is -0.410. The van der Waals surface area contributed by atoms with Crippen molar-refractivity contribution in [3.63, 3.8) is 0 Å². The van der Waals surface area contributed by atoms with Gasteiger partial charge in [0, 0.05) is 35.9 Å². The van der Waals surface area contributed by atoms with Crippen LogP contribution in [0.15, 0.2) is 0 Å². The van der Waals surface area contributed by atoms with Crippen LogP contribution in [0.25, 0.3) is 0 Å². The topological polar surface area (TPSA) is 57.5 Å². The van der Waals surface area contributed by atoms with Crippen LogP contribution >= 0.6 is 0 Å². The Morgan fingerprint density at radius 2 is 1.31 bits per heavy atom. The molecule has 3 heteroatoms. The molecule has 16 heavy (non-hydrogen) atoms. The van der Waals surface area contributed by atoms with Crippen LogP contribution < -0.4 is 0 Å². The SMILES string of the molecule is CC(C(=O)C(C)C1(CO)CC1)C1(CO)CC1. The summed E-state index contributed by atoms with van der Waals surface area (Å²) in [6.45, 7) is 4.13. The van der Waals surface area contributed by atoms with Gasteiger partial charge >= 0.3 is 0 Å². The second-order valence-electron chi connectivity index (χ2n) is 5.89. The van der Waals surface area contributed by atoms with Gasteiger partial charge in [0.2, 0.25) is 0 Å². The zero-order chi connectivity index (χ0) is 12.0. The largest absolute Gasteiger partial charge is 0.396 e. The second kappa shape index (κ2) is 3.81. The van der Waals surface area contributed by atoms with Crippen molar-refractivity contribution in [2.75, 3.05) is 13.2 Å². The number of carbonyl (C=O) groups is 1. The molecule has 92 valence electrons. The fraction of sp³-hybridized carbons (Fsp3) is 0.923. The van der Waals surface area contributed by atoms with E-state index in [1.54, 1.807) is 0 Å². The van der Waals surface area contributed by atoms with E-state index in [9.17, 15) is 15.0 Å². The van der Waals surface area contributed by atoms with E-state index >= 15 is 0 Å². The highest BCUT2D eigenvalue weighted by Crippen LogP contribution is 2.56. The summed E-state index contributed by atoms with van der Waals surface area (Å²) in [6, 6.07) is 0. The first-order chi connectivity index (χ1) is 7.51. The number of aliphatic hydroxyl groups is 2. The molecule has 2 saturated carbocycles. The summed E-state index contributed by atoms with van der Waals surface area (Å²) in [5.74, 6) is 0.117. The van der Waals surface area contributed by atoms with Crippen molar-refractivity contribution < 1.29 is 15.0 Å². The van der Waals surface area contributed by atoms with Gasteiger partial charge in [-0.2, -0.15) is 0 Å². The van der Waals surface area contributed by atoms with E-state index in [0.717, 1.165) is 25.7 Å². The van der Waals surface area contributed by atoms with E-state index in [1.807, 2.05) is 13.8 Å². The number of rotatable bonds is 6. The van der Waals surface area contributed by atoms with Gasteiger partial charge in [0.1, 0.15) is 5.78 Å². The molecule has 0 heterocycles. The lowest BCUT2D eigenvalue weighted by molar-refractivity contribution is -0.131. The maximum atomic E-state index is 12.3. The van der Waals surface area contributed by atoms with E-state index in [1.165, 1.54) is 0 Å². The Morgan fingerprint density at radius 1 is 1.00 bits per heavy atom. The molecule has 3 nitrogen and oxygen atoms in total. The summed E-state index contributed by atoms with van der Waals surface area (Å²) in [7, 11) is 0. The van der Waals surface area contributed by atoms with Crippen LogP contribution in [-0.4, -0.2) is 29.2 Å². The Morgan fingerprint density at radius 3 is 1.50 bits per heavy atom. The highest BCUT2D eigenvalue weighted by molar-refractivity contribution is 5.85. The van der Waals surface area contributed by atoms with Crippen molar-refractivity contribution in [3.8, 4) is 0 Å². The predicted molar refractivity (Wildman–Crippen MR) is 60.8 cm³/mol. The van der Waals surface area contributed by atoms with Crippen LogP contribution in [0.2, 0.25) is 0 Å². The predicted octanol–water partition coefficient (Wildman–Crippen LogP) is 1.37. The number of carbonyl (C=O) groups excluding carboxylic acids is 1. The normalized spacial score (nSPS) is 28.2. The van der Waals surface area contributed by atoms with Gasteiger partial charge < -0.3 is 10.2 Å². The van der Waals surface area contributed by atoms with Crippen LogP contribution in [0.3, 0.4) is 0 Å². The van der Waals surface area contributed by atoms with Gasteiger partial charge in [-0.1, -0.05) is 13.8 Å². The first-order valence-electron chi connectivity index (χ1n) is 6.27. The van der Waals surface area contributed by atoms with Gasteiger partial charge in [-0.3, -0.25) is 4.79 Å². The molecule has 0 aromatic carbocycles. The molecule has 2 N–H and O–H groups in total. The Labute approximate surface area is 96.9 Å². The average molecular weight is 226 g/mol. The van der Waals surface area contributed by atoms with Crippen molar-refractivity contribution in [1.82, 2.24) is 0 Å². The summed E-state index contributed by atoms with van der Waals surface area (Å²) < 4.78 is 0. The summed E-state index contributed by atoms with van der Waals surface area (Å²) in [5.41, 5.74) is -0.256. The lowest BCUT2D eigenvalue weighted by Gasteiger charge is -2.27. The highest BCUT2D eigenvalue weighted by Gasteiger charge is 2.55. The molecule has 0 aliphatic heterocycles. The minimum atomic E-state index is -0.128. The average Bonchev–Trinajstić information content (AvgIpc) is 3.19. The molecule has 0 bridgehead atoms. The molecule has 0 spiro atoms. The summed E-state index contributed by atoms with van der Waals surface area (Å²) in [4.78, 5) is 12.3. The maximum Gasteiger partial charge on any atom is 0.139 e. The monoisotopic (exact) mass is 226 g/mol. The van der Waals surface area contributed by atoms with Gasteiger partial charge in [0.15, 0.2) is 0 Å². The van der Waals surface area contributed by atoms with E-state index < -0.39 is 0 Å². The van der Waals surface area contributed by atoms with E-state index in [2.05, 4.69) is 0 Å². The molecule has 0 aromatic rings. The third-order valence-corrected chi connectivity index (χ3v) is 5.10. The van der Waals surface area contributed by atoms with E-state index in [4.69, 9.17) is 0 Å². The smallest absolute Gasteiger partial charge is 0.139 e. The number of hydrogen-bond acceptors (Lipinski definition) is 3. The van der Waals surface area contributed by atoms with Crippen LogP contribution in [0.1, 0.15) is 39.5 Å². The van der Waals surface area contributed by atoms with E-state index in [-0.39, 0.29) is 41.7 Å². The first-order valence-corrected chi connectivity index (χ1v) is 6.27. The van der Waals surface area contributed by atoms with Gasteiger partial charge in [-0.05, 0) is 25.7 Å². The van der Waals surface area contributed by atoms with Gasteiger partial charge in [-0.25, -0.2) is 0 Å². The molecule has 2 aliphatic rings. The van der Waals surface area contributed by atoms with Gasteiger partial charge in [-0.15, -0.1) is 0 Å². The standard InChI is InChI=1S/C13H22O3/c1-9(12(7-14)3-4-12)11(16)10(2)13(8-15)5-6-13/h9-10,14-15H,3-8H2,1-2H3. The van der Waals surface area contributed by atoms with Crippen LogP contribution in [0.5, 0.6) is 0 Å². The van der Waals surface area contributed by atoms with E-state index in [0.29, 0.717) is 0 Å². The zero-order valence-electron chi connectivity index (χ0n) is 10.2. The number of ketones is 1. The van der Waals surface area contributed by atoms with Crippen LogP contribution in [0.4, 0.5) is 0 Å². The summed E-state index contributed by atoms with van der Waals surface area (Å²) >= 11 is 0. The van der Waals surface area contributed by atoms with Gasteiger partial charge in [0.05, 0.1) is 0 Å². The maximum absolute atomic E-state index is 12.3. The quantitative estimate of drug-likeness (QED) is 0.719. The Balaban J connectivity index is 2.02. The number of aliphatic hydroxyl groups excluding tert-OH is 2. The van der Waals surface area contributed by atoms with Crippen LogP contribution in [0, 0.1) is 22.7 Å². The summed E-state index contributed by atoms with van der Waals surface area (Å²) in [6.07, 6.45) is 3.87. The van der Waals surface area contributed by atoms with Crippen LogP contribution in [-0.2, 0) is 4.79 Å². The molecule has 2 aliphatic carbocycles. The zero-order valence-corrected chi connectivity index (χ0v) is 10.2. The Bertz CT molecular complexity index is 262. The molecule has 0 amide bonds. The fourth-order valence-electron chi connectivity index (χ4n) is 2.76. The third kappa shape index (κ3) is 1.70.